The van der Waals surface area contributed by atoms with Gasteiger partial charge in [-0.2, -0.15) is 13.2 Å². The maximum atomic E-state index is 13.1. The summed E-state index contributed by atoms with van der Waals surface area (Å²) in [5, 5.41) is 6.16. The topological polar surface area (TPSA) is 70.1 Å². The van der Waals surface area contributed by atoms with E-state index in [9.17, 15) is 22.8 Å². The maximum absolute atomic E-state index is 13.1. The van der Waals surface area contributed by atoms with Gasteiger partial charge in [0.25, 0.3) is 11.8 Å². The first kappa shape index (κ1) is 23.1. The maximum Gasteiger partial charge on any atom is 0.401 e. The molecule has 6 nitrogen and oxygen atoms in total. The molecular formula is C26H23F3N4O2S. The van der Waals surface area contributed by atoms with Crippen molar-refractivity contribution in [3.05, 3.63) is 59.2 Å². The molecular weight excluding hydrogens is 489 g/mol. The first-order valence-corrected chi connectivity index (χ1v) is 12.7. The van der Waals surface area contributed by atoms with E-state index in [0.29, 0.717) is 54.7 Å². The summed E-state index contributed by atoms with van der Waals surface area (Å²) in [6.07, 6.45) is 0.839. The van der Waals surface area contributed by atoms with Crippen molar-refractivity contribution < 1.29 is 22.8 Å². The van der Waals surface area contributed by atoms with Gasteiger partial charge in [-0.05, 0) is 49.4 Å². The molecule has 0 saturated carbocycles. The van der Waals surface area contributed by atoms with Crippen molar-refractivity contribution in [2.75, 3.05) is 19.6 Å². The molecule has 6 rings (SSSR count). The van der Waals surface area contributed by atoms with Gasteiger partial charge < -0.3 is 9.55 Å². The average molecular weight is 513 g/mol. The SMILES string of the molecule is O=C1NC(=O)C(c2cn(CC3CCN(CC(F)(F)F)CC3)c3ccccc23)=C1c1c[nH]c2sccc12. The molecule has 2 aliphatic heterocycles. The summed E-state index contributed by atoms with van der Waals surface area (Å²) in [6, 6.07) is 9.66. The van der Waals surface area contributed by atoms with Crippen molar-refractivity contribution in [1.82, 2.24) is 19.8 Å². The van der Waals surface area contributed by atoms with Gasteiger partial charge in [0, 0.05) is 46.4 Å². The highest BCUT2D eigenvalue weighted by Gasteiger charge is 2.36. The van der Waals surface area contributed by atoms with E-state index >= 15 is 0 Å². The number of hydrogen-bond acceptors (Lipinski definition) is 4. The Morgan fingerprint density at radius 3 is 2.44 bits per heavy atom. The smallest absolute Gasteiger partial charge is 0.352 e. The fourth-order valence-electron chi connectivity index (χ4n) is 5.48. The fourth-order valence-corrected chi connectivity index (χ4v) is 6.25. The Kier molecular flexibility index (Phi) is 5.53. The molecule has 186 valence electrons. The Balaban J connectivity index is 1.37. The predicted molar refractivity (Wildman–Crippen MR) is 133 cm³/mol. The summed E-state index contributed by atoms with van der Waals surface area (Å²) in [5.41, 5.74) is 3.01. The monoisotopic (exact) mass is 512 g/mol. The molecule has 2 amide bonds. The lowest BCUT2D eigenvalue weighted by Gasteiger charge is -2.32. The van der Waals surface area contributed by atoms with Crippen LogP contribution in [0.3, 0.4) is 0 Å². The highest BCUT2D eigenvalue weighted by atomic mass is 32.1. The van der Waals surface area contributed by atoms with Gasteiger partial charge in [0.05, 0.1) is 17.7 Å². The molecule has 2 aliphatic rings. The number of aromatic amines is 1. The molecule has 4 aromatic rings. The number of carbonyl (C=O) groups excluding carboxylic acids is 2. The molecule has 1 saturated heterocycles. The van der Waals surface area contributed by atoms with E-state index in [-0.39, 0.29) is 5.92 Å². The molecule has 10 heteroatoms. The van der Waals surface area contributed by atoms with Crippen LogP contribution >= 0.6 is 11.3 Å². The van der Waals surface area contributed by atoms with E-state index in [2.05, 4.69) is 14.9 Å². The van der Waals surface area contributed by atoms with Crippen LogP contribution in [0.5, 0.6) is 0 Å². The summed E-state index contributed by atoms with van der Waals surface area (Å²) < 4.78 is 40.4. The highest BCUT2D eigenvalue weighted by molar-refractivity contribution is 7.16. The quantitative estimate of drug-likeness (QED) is 0.369. The predicted octanol–water partition coefficient (Wildman–Crippen LogP) is 5.03. The zero-order valence-electron chi connectivity index (χ0n) is 19.2. The van der Waals surface area contributed by atoms with Crippen LogP contribution in [-0.2, 0) is 16.1 Å². The molecule has 3 aromatic heterocycles. The van der Waals surface area contributed by atoms with E-state index < -0.39 is 24.5 Å². The number of aromatic nitrogens is 2. The van der Waals surface area contributed by atoms with Gasteiger partial charge in [0.1, 0.15) is 4.83 Å². The van der Waals surface area contributed by atoms with Crippen LogP contribution in [0.1, 0.15) is 24.0 Å². The summed E-state index contributed by atoms with van der Waals surface area (Å²) in [4.78, 5) is 31.6. The van der Waals surface area contributed by atoms with E-state index in [1.54, 1.807) is 6.20 Å². The molecule has 0 atom stereocenters. The average Bonchev–Trinajstić information content (AvgIpc) is 3.58. The third-order valence-electron chi connectivity index (χ3n) is 7.13. The molecule has 0 unspecified atom stereocenters. The lowest BCUT2D eigenvalue weighted by molar-refractivity contribution is -0.148. The van der Waals surface area contributed by atoms with Gasteiger partial charge in [0.2, 0.25) is 0 Å². The second-order valence-corrected chi connectivity index (χ2v) is 10.4. The van der Waals surface area contributed by atoms with E-state index in [4.69, 9.17) is 0 Å². The van der Waals surface area contributed by atoms with Crippen molar-refractivity contribution in [2.45, 2.75) is 25.6 Å². The van der Waals surface area contributed by atoms with Crippen molar-refractivity contribution in [3.8, 4) is 0 Å². The number of piperidine rings is 1. The lowest BCUT2D eigenvalue weighted by atomic mass is 9.96. The first-order chi connectivity index (χ1) is 17.3. The largest absolute Gasteiger partial charge is 0.401 e. The number of thiophene rings is 1. The number of fused-ring (bicyclic) bond motifs is 2. The molecule has 5 heterocycles. The summed E-state index contributed by atoms with van der Waals surface area (Å²) >= 11 is 1.53. The van der Waals surface area contributed by atoms with Crippen molar-refractivity contribution in [3.63, 3.8) is 0 Å². The van der Waals surface area contributed by atoms with Crippen LogP contribution in [-0.4, -0.2) is 52.1 Å². The number of halogens is 3. The molecule has 1 aromatic carbocycles. The molecule has 0 aliphatic carbocycles. The second kappa shape index (κ2) is 8.63. The number of H-pyrrole nitrogens is 1. The van der Waals surface area contributed by atoms with Crippen molar-refractivity contribution >= 4 is 55.4 Å². The Labute approximate surface area is 208 Å². The number of nitrogens with zero attached hydrogens (tertiary/aromatic N) is 2. The molecule has 36 heavy (non-hydrogen) atoms. The number of carbonyl (C=O) groups is 2. The zero-order chi connectivity index (χ0) is 25.0. The molecule has 0 bridgehead atoms. The van der Waals surface area contributed by atoms with Crippen LogP contribution in [0.4, 0.5) is 13.2 Å². The van der Waals surface area contributed by atoms with Crippen LogP contribution in [0, 0.1) is 5.92 Å². The van der Waals surface area contributed by atoms with Gasteiger partial charge in [-0.15, -0.1) is 11.3 Å². The van der Waals surface area contributed by atoms with Gasteiger partial charge >= 0.3 is 6.18 Å². The minimum Gasteiger partial charge on any atom is -0.352 e. The normalized spacial score (nSPS) is 18.2. The number of imide groups is 1. The van der Waals surface area contributed by atoms with E-state index in [0.717, 1.165) is 21.1 Å². The first-order valence-electron chi connectivity index (χ1n) is 11.8. The third-order valence-corrected chi connectivity index (χ3v) is 7.97. The number of alkyl halides is 3. The van der Waals surface area contributed by atoms with Gasteiger partial charge in [-0.25, -0.2) is 0 Å². The van der Waals surface area contributed by atoms with Crippen LogP contribution in [0.25, 0.3) is 32.3 Å². The molecule has 2 N–H and O–H groups in total. The second-order valence-electron chi connectivity index (χ2n) is 9.45. The number of benzene rings is 1. The standard InChI is InChI=1S/C26H23F3N4O2S/c27-26(28,29)14-32-8-5-15(6-9-32)12-33-13-19(16-3-1-2-4-20(16)33)22-21(23(34)31-24(22)35)18-11-30-25-17(18)7-10-36-25/h1-4,7,10-11,13,15,30H,5-6,8-9,12,14H2,(H,31,34,35). The van der Waals surface area contributed by atoms with Crippen LogP contribution < -0.4 is 5.32 Å². The Bertz CT molecular complexity index is 1520. The molecule has 0 spiro atoms. The minimum absolute atomic E-state index is 0.223. The Morgan fingerprint density at radius 2 is 1.69 bits per heavy atom. The highest BCUT2D eigenvalue weighted by Crippen LogP contribution is 2.39. The fraction of sp³-hybridized carbons (Fsp3) is 0.308. The van der Waals surface area contributed by atoms with Crippen molar-refractivity contribution in [1.29, 1.82) is 0 Å². The number of likely N-dealkylation sites (tertiary alicyclic amines) is 1. The summed E-state index contributed by atoms with van der Waals surface area (Å²) in [6.45, 7) is 0.587. The number of nitrogens with one attached hydrogen (secondary N) is 2. The Hall–Kier alpha value is -3.37. The zero-order valence-corrected chi connectivity index (χ0v) is 20.0. The number of para-hydroxylation sites is 1. The van der Waals surface area contributed by atoms with Crippen LogP contribution in [0.2, 0.25) is 0 Å². The van der Waals surface area contributed by atoms with Gasteiger partial charge in [-0.1, -0.05) is 18.2 Å². The number of rotatable bonds is 5. The number of hydrogen-bond donors (Lipinski definition) is 2. The van der Waals surface area contributed by atoms with Gasteiger partial charge in [0.15, 0.2) is 0 Å². The van der Waals surface area contributed by atoms with Gasteiger partial charge in [-0.3, -0.25) is 19.8 Å². The van der Waals surface area contributed by atoms with Crippen molar-refractivity contribution in [2.24, 2.45) is 5.92 Å². The van der Waals surface area contributed by atoms with E-state index in [1.807, 2.05) is 41.9 Å². The summed E-state index contributed by atoms with van der Waals surface area (Å²) in [5.74, 6) is -0.625. The lowest BCUT2D eigenvalue weighted by Crippen LogP contribution is -2.40. The van der Waals surface area contributed by atoms with Crippen LogP contribution in [0.15, 0.2) is 48.1 Å². The molecule has 1 fully saturated rings. The van der Waals surface area contributed by atoms with E-state index in [1.165, 1.54) is 16.2 Å². The number of amides is 2. The Morgan fingerprint density at radius 1 is 0.972 bits per heavy atom. The minimum atomic E-state index is -4.18. The third kappa shape index (κ3) is 4.04. The molecule has 0 radical (unpaired) electrons. The summed E-state index contributed by atoms with van der Waals surface area (Å²) in [7, 11) is 0.